The maximum atomic E-state index is 14.2. The molecule has 5 rings (SSSR count). The van der Waals surface area contributed by atoms with Crippen molar-refractivity contribution in [1.29, 1.82) is 0 Å². The van der Waals surface area contributed by atoms with E-state index in [2.05, 4.69) is 19.1 Å². The van der Waals surface area contributed by atoms with Crippen LogP contribution in [0.3, 0.4) is 0 Å². The van der Waals surface area contributed by atoms with Gasteiger partial charge in [-0.3, -0.25) is 9.69 Å². The van der Waals surface area contributed by atoms with Crippen molar-refractivity contribution >= 4 is 11.9 Å². The summed E-state index contributed by atoms with van der Waals surface area (Å²) >= 11 is 0. The fraction of sp³-hybridized carbons (Fsp3) is 0.619. The van der Waals surface area contributed by atoms with Gasteiger partial charge in [0.1, 0.15) is 11.9 Å². The molecule has 3 heterocycles. The minimum absolute atomic E-state index is 0.146. The van der Waals surface area contributed by atoms with E-state index in [1.165, 1.54) is 69.1 Å². The SMILES string of the molecule is CCCCCCCC/C=C\CCCCCCCCN1C(=O)N(Cc2ccccc2)C(=O)C[C@H]1C1OC2OC(C)(C)OC2[C@H]1Oc1ccccc1. The van der Waals surface area contributed by atoms with E-state index in [4.69, 9.17) is 18.9 Å². The van der Waals surface area contributed by atoms with Crippen LogP contribution in [0.15, 0.2) is 72.8 Å². The van der Waals surface area contributed by atoms with E-state index in [0.29, 0.717) is 12.3 Å². The van der Waals surface area contributed by atoms with Crippen LogP contribution in [0.5, 0.6) is 5.75 Å². The van der Waals surface area contributed by atoms with Gasteiger partial charge < -0.3 is 23.8 Å². The normalized spacial score (nSPS) is 24.7. The van der Waals surface area contributed by atoms with Crippen molar-refractivity contribution in [3.8, 4) is 5.75 Å². The first kappa shape index (κ1) is 38.0. The number of allylic oxidation sites excluding steroid dienone is 2. The maximum absolute atomic E-state index is 14.2. The van der Waals surface area contributed by atoms with Gasteiger partial charge >= 0.3 is 6.03 Å². The second kappa shape index (κ2) is 19.4. The van der Waals surface area contributed by atoms with Crippen LogP contribution in [-0.4, -0.2) is 64.7 Å². The molecule has 2 aromatic carbocycles. The Kier molecular flexibility index (Phi) is 14.8. The fourth-order valence-corrected chi connectivity index (χ4v) is 7.41. The van der Waals surface area contributed by atoms with E-state index in [-0.39, 0.29) is 24.9 Å². The highest BCUT2D eigenvalue weighted by atomic mass is 16.8. The molecule has 3 aliphatic rings. The molecule has 0 radical (unpaired) electrons. The van der Waals surface area contributed by atoms with Crippen LogP contribution in [0, 0.1) is 0 Å². The number of rotatable bonds is 21. The molecule has 8 nitrogen and oxygen atoms in total. The van der Waals surface area contributed by atoms with Crippen molar-refractivity contribution in [1.82, 2.24) is 9.80 Å². The molecule has 3 unspecified atom stereocenters. The molecule has 0 spiro atoms. The zero-order chi connectivity index (χ0) is 35.2. The van der Waals surface area contributed by atoms with Crippen molar-refractivity contribution in [3.05, 3.63) is 78.4 Å². The average molecular weight is 689 g/mol. The molecule has 3 saturated heterocycles. The number of benzene rings is 2. The van der Waals surface area contributed by atoms with Crippen LogP contribution < -0.4 is 4.74 Å². The predicted molar refractivity (Wildman–Crippen MR) is 197 cm³/mol. The molecular weight excluding hydrogens is 628 g/mol. The van der Waals surface area contributed by atoms with Gasteiger partial charge in [0.2, 0.25) is 5.91 Å². The minimum Gasteiger partial charge on any atom is -0.485 e. The molecule has 0 bridgehead atoms. The van der Waals surface area contributed by atoms with E-state index >= 15 is 0 Å². The minimum atomic E-state index is -0.827. The number of hydrogen-bond acceptors (Lipinski definition) is 6. The number of carbonyl (C=O) groups is 2. The Morgan fingerprint density at radius 3 is 2.02 bits per heavy atom. The number of carbonyl (C=O) groups excluding carboxylic acids is 2. The highest BCUT2D eigenvalue weighted by molar-refractivity contribution is 5.97. The molecule has 5 atom stereocenters. The molecule has 274 valence electrons. The van der Waals surface area contributed by atoms with Crippen molar-refractivity contribution in [2.24, 2.45) is 0 Å². The van der Waals surface area contributed by atoms with Gasteiger partial charge in [-0.2, -0.15) is 0 Å². The Balaban J connectivity index is 1.16. The van der Waals surface area contributed by atoms with Crippen molar-refractivity contribution in [2.75, 3.05) is 6.54 Å². The number of imide groups is 1. The highest BCUT2D eigenvalue weighted by Crippen LogP contribution is 2.42. The van der Waals surface area contributed by atoms with Crippen LogP contribution in [0.1, 0.15) is 123 Å². The summed E-state index contributed by atoms with van der Waals surface area (Å²) in [6.07, 6.45) is 19.7. The molecule has 0 aliphatic carbocycles. The summed E-state index contributed by atoms with van der Waals surface area (Å²) in [7, 11) is 0. The first-order chi connectivity index (χ1) is 24.4. The van der Waals surface area contributed by atoms with Gasteiger partial charge in [-0.05, 0) is 63.6 Å². The lowest BCUT2D eigenvalue weighted by Gasteiger charge is -2.44. The monoisotopic (exact) mass is 688 g/mol. The second-order valence-electron chi connectivity index (χ2n) is 14.6. The van der Waals surface area contributed by atoms with Crippen LogP contribution in [0.4, 0.5) is 4.79 Å². The van der Waals surface area contributed by atoms with Crippen LogP contribution in [0.25, 0.3) is 0 Å². The Morgan fingerprint density at radius 1 is 0.760 bits per heavy atom. The first-order valence-corrected chi connectivity index (χ1v) is 19.4. The van der Waals surface area contributed by atoms with Crippen LogP contribution in [-0.2, 0) is 25.5 Å². The summed E-state index contributed by atoms with van der Waals surface area (Å²) in [5.74, 6) is -0.353. The molecule has 0 saturated carbocycles. The van der Waals surface area contributed by atoms with E-state index in [9.17, 15) is 9.59 Å². The average Bonchev–Trinajstić information content (AvgIpc) is 3.59. The van der Waals surface area contributed by atoms with Gasteiger partial charge in [-0.25, -0.2) is 4.79 Å². The number of ether oxygens (including phenoxy) is 4. The second-order valence-corrected chi connectivity index (χ2v) is 14.6. The Bertz CT molecular complexity index is 1330. The number of urea groups is 1. The topological polar surface area (TPSA) is 77.5 Å². The van der Waals surface area contributed by atoms with Crippen molar-refractivity contribution in [3.63, 3.8) is 0 Å². The lowest BCUT2D eigenvalue weighted by molar-refractivity contribution is -0.220. The number of fused-ring (bicyclic) bond motifs is 1. The van der Waals surface area contributed by atoms with E-state index in [0.717, 1.165) is 31.2 Å². The molecule has 3 aliphatic heterocycles. The van der Waals surface area contributed by atoms with Crippen molar-refractivity contribution in [2.45, 2.75) is 160 Å². The lowest BCUT2D eigenvalue weighted by Crippen LogP contribution is -2.62. The number of nitrogens with zero attached hydrogens (tertiary/aromatic N) is 2. The van der Waals surface area contributed by atoms with Crippen molar-refractivity contribution < 1.29 is 28.5 Å². The number of para-hydroxylation sites is 1. The van der Waals surface area contributed by atoms with Gasteiger partial charge in [0, 0.05) is 6.54 Å². The molecule has 3 fully saturated rings. The standard InChI is InChI=1S/C42H60N2O6/c1-4-5-6-7-8-9-10-11-12-13-14-15-16-17-18-25-30-43-35(31-36(45)44(41(43)46)32-33-26-21-19-22-27-33)37-38(47-34-28-23-20-24-29-34)39-40(48-37)50-42(2,3)49-39/h11-12,19-24,26-29,35,37-40H,4-10,13-18,25,30-32H2,1-3H3/b12-11-/t35-,37?,38-,39?,40?/m0/s1. The predicted octanol–water partition coefficient (Wildman–Crippen LogP) is 9.57. The molecule has 0 N–H and O–H groups in total. The fourth-order valence-electron chi connectivity index (χ4n) is 7.41. The smallest absolute Gasteiger partial charge is 0.327 e. The molecule has 2 aromatic rings. The largest absolute Gasteiger partial charge is 0.485 e. The quantitative estimate of drug-likeness (QED) is 0.0961. The summed E-state index contributed by atoms with van der Waals surface area (Å²) < 4.78 is 25.4. The third-order valence-electron chi connectivity index (χ3n) is 10.1. The van der Waals surface area contributed by atoms with E-state index < -0.39 is 36.4 Å². The van der Waals surface area contributed by atoms with E-state index in [1.54, 1.807) is 0 Å². The third-order valence-corrected chi connectivity index (χ3v) is 10.1. The molecule has 3 amide bonds. The highest BCUT2D eigenvalue weighted by Gasteiger charge is 2.60. The number of unbranched alkanes of at least 4 members (excludes halogenated alkanes) is 12. The van der Waals surface area contributed by atoms with Gasteiger partial charge in [0.05, 0.1) is 19.0 Å². The summed E-state index contributed by atoms with van der Waals surface area (Å²) in [6, 6.07) is 18.5. The first-order valence-electron chi connectivity index (χ1n) is 19.4. The summed E-state index contributed by atoms with van der Waals surface area (Å²) in [6.45, 7) is 6.78. The number of hydrogen-bond donors (Lipinski definition) is 0. The third kappa shape index (κ3) is 10.9. The van der Waals surface area contributed by atoms with Crippen LogP contribution in [0.2, 0.25) is 0 Å². The van der Waals surface area contributed by atoms with E-state index in [1.807, 2.05) is 79.4 Å². The summed E-state index contributed by atoms with van der Waals surface area (Å²) in [4.78, 5) is 31.1. The summed E-state index contributed by atoms with van der Waals surface area (Å²) in [5.41, 5.74) is 0.922. The number of amides is 3. The van der Waals surface area contributed by atoms with Gasteiger partial charge in [0.25, 0.3) is 0 Å². The molecule has 8 heteroatoms. The molecular formula is C42H60N2O6. The van der Waals surface area contributed by atoms with Gasteiger partial charge in [-0.15, -0.1) is 0 Å². The lowest BCUT2D eigenvalue weighted by atomic mass is 9.95. The zero-order valence-corrected chi connectivity index (χ0v) is 30.7. The Labute approximate surface area is 300 Å². The summed E-state index contributed by atoms with van der Waals surface area (Å²) in [5, 5.41) is 0. The zero-order valence-electron chi connectivity index (χ0n) is 30.7. The molecule has 0 aromatic heterocycles. The van der Waals surface area contributed by atoms with Crippen LogP contribution >= 0.6 is 0 Å². The molecule has 50 heavy (non-hydrogen) atoms. The van der Waals surface area contributed by atoms with Gasteiger partial charge in [-0.1, -0.05) is 125 Å². The Hall–Kier alpha value is -3.20. The maximum Gasteiger partial charge on any atom is 0.327 e. The Morgan fingerprint density at radius 2 is 1.36 bits per heavy atom. The van der Waals surface area contributed by atoms with Gasteiger partial charge in [0.15, 0.2) is 24.3 Å².